The van der Waals surface area contributed by atoms with Crippen LogP contribution in [0.3, 0.4) is 0 Å². The number of aryl methyl sites for hydroxylation is 1. The van der Waals surface area contributed by atoms with Crippen LogP contribution in [0.2, 0.25) is 0 Å². The van der Waals surface area contributed by atoms with Crippen molar-refractivity contribution in [2.45, 2.75) is 51.4 Å². The van der Waals surface area contributed by atoms with Gasteiger partial charge in [-0.25, -0.2) is 0 Å². The summed E-state index contributed by atoms with van der Waals surface area (Å²) in [5.74, 6) is -0.286. The molecule has 1 heterocycles. The summed E-state index contributed by atoms with van der Waals surface area (Å²) in [6.07, 6.45) is -5.55. The van der Waals surface area contributed by atoms with Crippen molar-refractivity contribution in [1.82, 2.24) is 4.90 Å². The lowest BCUT2D eigenvalue weighted by molar-refractivity contribution is -0.172. The molecular weight excluding hydrogens is 398 g/mol. The van der Waals surface area contributed by atoms with E-state index in [1.54, 1.807) is 6.07 Å². The highest BCUT2D eigenvalue weighted by atomic mass is 16.6. The molecule has 0 radical (unpaired) electrons. The minimum atomic E-state index is -1.74. The molecule has 0 spiro atoms. The molecule has 1 aliphatic rings. The summed E-state index contributed by atoms with van der Waals surface area (Å²) in [6, 6.07) is 11.9. The first kappa shape index (κ1) is 23.7. The highest BCUT2D eigenvalue weighted by Gasteiger charge is 2.34. The third-order valence-electron chi connectivity index (χ3n) is 6.05. The number of aliphatic hydroxyl groups excluding tert-OH is 5. The fourth-order valence-electron chi connectivity index (χ4n) is 3.99. The predicted octanol–water partition coefficient (Wildman–Crippen LogP) is 1.06. The molecule has 0 saturated carbocycles. The molecule has 0 fully saturated rings. The second-order valence-corrected chi connectivity index (χ2v) is 8.55. The molecule has 1 aliphatic heterocycles. The van der Waals surface area contributed by atoms with Gasteiger partial charge in [0.1, 0.15) is 18.0 Å². The number of fused-ring (bicyclic) bond motifs is 1. The Balaban J connectivity index is 1.75. The fourth-order valence-corrected chi connectivity index (χ4v) is 3.99. The standard InChI is InChI=1S/C24H33NO6/c1-14-11-16(18-6-4-5-17-12-25(3)10-9-19(17)18)7-8-20(14)31-24(30)23(29)22(28)21(27)15(2)13-26/h4-8,11,15,21-24,26-30H,9-10,12-13H2,1-3H3. The van der Waals surface area contributed by atoms with E-state index in [2.05, 4.69) is 30.1 Å². The maximum Gasteiger partial charge on any atom is 0.226 e. The first-order valence-electron chi connectivity index (χ1n) is 10.6. The Morgan fingerprint density at radius 1 is 1.03 bits per heavy atom. The number of nitrogens with zero attached hydrogens (tertiary/aromatic N) is 1. The van der Waals surface area contributed by atoms with E-state index >= 15 is 0 Å². The van der Waals surface area contributed by atoms with Crippen LogP contribution in [0.4, 0.5) is 0 Å². The molecule has 0 saturated heterocycles. The largest absolute Gasteiger partial charge is 0.462 e. The van der Waals surface area contributed by atoms with Gasteiger partial charge in [0.2, 0.25) is 6.29 Å². The molecule has 7 nitrogen and oxygen atoms in total. The van der Waals surface area contributed by atoms with Crippen LogP contribution in [0.15, 0.2) is 36.4 Å². The minimum absolute atomic E-state index is 0.359. The van der Waals surface area contributed by atoms with Crippen LogP contribution < -0.4 is 4.74 Å². The van der Waals surface area contributed by atoms with E-state index in [1.165, 1.54) is 23.6 Å². The van der Waals surface area contributed by atoms with Crippen LogP contribution in [0, 0.1) is 12.8 Å². The van der Waals surface area contributed by atoms with Crippen molar-refractivity contribution < 1.29 is 30.3 Å². The number of hydrogen-bond donors (Lipinski definition) is 5. The molecule has 2 aromatic rings. The SMILES string of the molecule is Cc1cc(-c2cccc3c2CCN(C)C3)ccc1OC(O)C(O)C(O)C(O)C(C)CO. The number of rotatable bonds is 8. The van der Waals surface area contributed by atoms with E-state index in [4.69, 9.17) is 9.84 Å². The summed E-state index contributed by atoms with van der Waals surface area (Å²) in [7, 11) is 2.12. The average molecular weight is 432 g/mol. The summed E-state index contributed by atoms with van der Waals surface area (Å²) in [6.45, 7) is 4.95. The summed E-state index contributed by atoms with van der Waals surface area (Å²) in [5, 5.41) is 49.5. The Bertz CT molecular complexity index is 888. The molecule has 0 bridgehead atoms. The van der Waals surface area contributed by atoms with Gasteiger partial charge >= 0.3 is 0 Å². The van der Waals surface area contributed by atoms with E-state index in [0.29, 0.717) is 5.75 Å². The first-order chi connectivity index (χ1) is 14.7. The zero-order chi connectivity index (χ0) is 22.7. The van der Waals surface area contributed by atoms with Gasteiger partial charge < -0.3 is 35.2 Å². The van der Waals surface area contributed by atoms with Crippen molar-refractivity contribution in [3.05, 3.63) is 53.1 Å². The van der Waals surface area contributed by atoms with Crippen LogP contribution in [0.1, 0.15) is 23.6 Å². The molecule has 170 valence electrons. The third kappa shape index (κ3) is 5.26. The maximum atomic E-state index is 10.2. The van der Waals surface area contributed by atoms with Gasteiger partial charge in [0, 0.05) is 25.6 Å². The van der Waals surface area contributed by atoms with Gasteiger partial charge in [-0.3, -0.25) is 0 Å². The van der Waals surface area contributed by atoms with E-state index in [9.17, 15) is 20.4 Å². The summed E-state index contributed by atoms with van der Waals surface area (Å²) in [4.78, 5) is 2.30. The molecule has 7 heteroatoms. The Kier molecular flexibility index (Phi) is 7.69. The topological polar surface area (TPSA) is 114 Å². The Labute approximate surface area is 183 Å². The van der Waals surface area contributed by atoms with Gasteiger partial charge in [-0.05, 0) is 60.3 Å². The lowest BCUT2D eigenvalue weighted by Gasteiger charge is -2.29. The zero-order valence-electron chi connectivity index (χ0n) is 18.3. The molecule has 5 N–H and O–H groups in total. The van der Waals surface area contributed by atoms with Gasteiger partial charge in [-0.1, -0.05) is 31.2 Å². The molecule has 2 aromatic carbocycles. The van der Waals surface area contributed by atoms with Crippen molar-refractivity contribution in [1.29, 1.82) is 0 Å². The van der Waals surface area contributed by atoms with E-state index in [0.717, 1.165) is 30.6 Å². The Morgan fingerprint density at radius 2 is 1.77 bits per heavy atom. The molecule has 0 amide bonds. The monoisotopic (exact) mass is 431 g/mol. The van der Waals surface area contributed by atoms with Crippen molar-refractivity contribution in [2.24, 2.45) is 5.92 Å². The number of ether oxygens (including phenoxy) is 1. The molecule has 31 heavy (non-hydrogen) atoms. The van der Waals surface area contributed by atoms with Gasteiger partial charge in [-0.2, -0.15) is 0 Å². The van der Waals surface area contributed by atoms with Gasteiger partial charge in [0.25, 0.3) is 0 Å². The number of likely N-dealkylation sites (N-methyl/N-ethyl adjacent to an activating group) is 1. The molecule has 5 unspecified atom stereocenters. The normalized spacial score (nSPS) is 19.2. The van der Waals surface area contributed by atoms with E-state index < -0.39 is 30.5 Å². The lowest BCUT2D eigenvalue weighted by Crippen LogP contribution is -2.49. The summed E-state index contributed by atoms with van der Waals surface area (Å²) >= 11 is 0. The van der Waals surface area contributed by atoms with Crippen LogP contribution in [0.5, 0.6) is 5.75 Å². The van der Waals surface area contributed by atoms with Gasteiger partial charge in [-0.15, -0.1) is 0 Å². The number of aliphatic hydroxyl groups is 5. The summed E-state index contributed by atoms with van der Waals surface area (Å²) < 4.78 is 5.47. The van der Waals surface area contributed by atoms with Crippen molar-refractivity contribution >= 4 is 0 Å². The molecule has 5 atom stereocenters. The second-order valence-electron chi connectivity index (χ2n) is 8.55. The third-order valence-corrected chi connectivity index (χ3v) is 6.05. The molecule has 3 rings (SSSR count). The average Bonchev–Trinajstić information content (AvgIpc) is 2.77. The van der Waals surface area contributed by atoms with Crippen molar-refractivity contribution in [2.75, 3.05) is 20.2 Å². The zero-order valence-corrected chi connectivity index (χ0v) is 18.3. The number of benzene rings is 2. The van der Waals surface area contributed by atoms with Crippen molar-refractivity contribution in [3.63, 3.8) is 0 Å². The fraction of sp³-hybridized carbons (Fsp3) is 0.500. The highest BCUT2D eigenvalue weighted by Crippen LogP contribution is 2.33. The summed E-state index contributed by atoms with van der Waals surface area (Å²) in [5.41, 5.74) is 5.67. The molecule has 0 aromatic heterocycles. The van der Waals surface area contributed by atoms with Crippen LogP contribution in [-0.2, 0) is 13.0 Å². The maximum absolute atomic E-state index is 10.2. The first-order valence-corrected chi connectivity index (χ1v) is 10.6. The van der Waals surface area contributed by atoms with Crippen LogP contribution in [-0.4, -0.2) is 75.2 Å². The molecular formula is C24H33NO6. The quantitative estimate of drug-likeness (QED) is 0.397. The minimum Gasteiger partial charge on any atom is -0.462 e. The highest BCUT2D eigenvalue weighted by molar-refractivity contribution is 5.70. The molecule has 0 aliphatic carbocycles. The number of hydrogen-bond acceptors (Lipinski definition) is 7. The van der Waals surface area contributed by atoms with Crippen molar-refractivity contribution in [3.8, 4) is 16.9 Å². The second kappa shape index (κ2) is 10.1. The van der Waals surface area contributed by atoms with Crippen LogP contribution >= 0.6 is 0 Å². The van der Waals surface area contributed by atoms with Gasteiger partial charge in [0.15, 0.2) is 0 Å². The predicted molar refractivity (Wildman–Crippen MR) is 118 cm³/mol. The van der Waals surface area contributed by atoms with E-state index in [1.807, 2.05) is 19.1 Å². The lowest BCUT2D eigenvalue weighted by atomic mass is 9.90. The smallest absolute Gasteiger partial charge is 0.226 e. The Hall–Kier alpha value is -2.00. The van der Waals surface area contributed by atoms with E-state index in [-0.39, 0.29) is 6.61 Å². The van der Waals surface area contributed by atoms with Gasteiger partial charge in [0.05, 0.1) is 6.10 Å². The van der Waals surface area contributed by atoms with Crippen LogP contribution in [0.25, 0.3) is 11.1 Å². The Morgan fingerprint density at radius 3 is 2.45 bits per heavy atom.